The van der Waals surface area contributed by atoms with Crippen molar-refractivity contribution in [3.8, 4) is 5.75 Å². The Labute approximate surface area is 88.3 Å². The zero-order valence-corrected chi connectivity index (χ0v) is 8.55. The quantitative estimate of drug-likeness (QED) is 0.829. The van der Waals surface area contributed by atoms with Crippen LogP contribution in [0.5, 0.6) is 5.75 Å². The van der Waals surface area contributed by atoms with Crippen molar-refractivity contribution in [2.24, 2.45) is 0 Å². The number of pyridine rings is 1. The maximum Gasteiger partial charge on any atom is 0.121 e. The molecule has 2 aromatic rings. The van der Waals surface area contributed by atoms with Gasteiger partial charge in [0.1, 0.15) is 12.4 Å². The van der Waals surface area contributed by atoms with Gasteiger partial charge in [-0.1, -0.05) is 6.07 Å². The number of aliphatic hydroxyl groups excluding tert-OH is 1. The van der Waals surface area contributed by atoms with E-state index in [0.717, 1.165) is 16.7 Å². The van der Waals surface area contributed by atoms with E-state index in [1.807, 2.05) is 30.3 Å². The van der Waals surface area contributed by atoms with Crippen LogP contribution in [-0.2, 0) is 0 Å². The third-order valence-electron chi connectivity index (χ3n) is 2.07. The molecule has 1 N–H and O–H groups in total. The van der Waals surface area contributed by atoms with Crippen molar-refractivity contribution in [3.05, 3.63) is 36.5 Å². The first-order valence-electron chi connectivity index (χ1n) is 4.91. The van der Waals surface area contributed by atoms with E-state index >= 15 is 0 Å². The predicted octanol–water partition coefficient (Wildman–Crippen LogP) is 1.99. The summed E-state index contributed by atoms with van der Waals surface area (Å²) in [5.74, 6) is 0.738. The molecule has 0 amide bonds. The molecule has 0 fully saturated rings. The summed E-state index contributed by atoms with van der Waals surface area (Å²) in [6, 6.07) is 9.61. The highest BCUT2D eigenvalue weighted by Gasteiger charge is 2.00. The number of aliphatic hydroxyl groups is 1. The number of aromatic nitrogens is 1. The summed E-state index contributed by atoms with van der Waals surface area (Å²) >= 11 is 0. The maximum atomic E-state index is 9.09. The number of ether oxygens (including phenoxy) is 1. The van der Waals surface area contributed by atoms with Gasteiger partial charge in [0, 0.05) is 17.6 Å². The summed E-state index contributed by atoms with van der Waals surface area (Å²) in [5.41, 5.74) is 0.903. The Hall–Kier alpha value is -1.61. The van der Waals surface area contributed by atoms with Crippen LogP contribution in [0.2, 0.25) is 0 Å². The first kappa shape index (κ1) is 9.93. The van der Waals surface area contributed by atoms with Crippen molar-refractivity contribution >= 4 is 10.9 Å². The Balaban J connectivity index is 2.23. The molecule has 0 aliphatic heterocycles. The largest absolute Gasteiger partial charge is 0.491 e. The van der Waals surface area contributed by atoms with Gasteiger partial charge in [-0.15, -0.1) is 0 Å². The van der Waals surface area contributed by atoms with E-state index in [0.29, 0.717) is 6.61 Å². The Morgan fingerprint density at radius 1 is 1.40 bits per heavy atom. The molecule has 0 saturated carbocycles. The van der Waals surface area contributed by atoms with Gasteiger partial charge in [0.25, 0.3) is 0 Å². The van der Waals surface area contributed by atoms with Crippen LogP contribution in [0.25, 0.3) is 10.9 Å². The van der Waals surface area contributed by atoms with Crippen LogP contribution in [0.15, 0.2) is 36.5 Å². The molecule has 0 unspecified atom stereocenters. The topological polar surface area (TPSA) is 42.4 Å². The number of benzene rings is 1. The molecule has 1 aromatic heterocycles. The van der Waals surface area contributed by atoms with Gasteiger partial charge < -0.3 is 9.84 Å². The Kier molecular flexibility index (Phi) is 2.83. The lowest BCUT2D eigenvalue weighted by atomic mass is 10.2. The van der Waals surface area contributed by atoms with Gasteiger partial charge in [0.05, 0.1) is 11.6 Å². The van der Waals surface area contributed by atoms with Crippen LogP contribution in [0.1, 0.15) is 6.92 Å². The molecule has 3 heteroatoms. The average molecular weight is 203 g/mol. The highest BCUT2D eigenvalue weighted by atomic mass is 16.5. The van der Waals surface area contributed by atoms with Crippen LogP contribution in [-0.4, -0.2) is 22.8 Å². The van der Waals surface area contributed by atoms with E-state index in [9.17, 15) is 0 Å². The van der Waals surface area contributed by atoms with Crippen LogP contribution in [0.4, 0.5) is 0 Å². The Morgan fingerprint density at radius 3 is 3.07 bits per heavy atom. The van der Waals surface area contributed by atoms with Crippen LogP contribution in [0, 0.1) is 0 Å². The van der Waals surface area contributed by atoms with E-state index in [1.165, 1.54) is 0 Å². The van der Waals surface area contributed by atoms with Gasteiger partial charge in [0.15, 0.2) is 0 Å². The molecule has 1 heterocycles. The standard InChI is InChI=1S/C12H13NO2/c1-9(14)8-15-11-5-4-10-3-2-6-13-12(10)7-11/h2-7,9,14H,8H2,1H3/t9-/m0/s1. The molecule has 15 heavy (non-hydrogen) atoms. The van der Waals surface area contributed by atoms with Crippen molar-refractivity contribution in [2.75, 3.05) is 6.61 Å². The lowest BCUT2D eigenvalue weighted by molar-refractivity contribution is 0.123. The first-order chi connectivity index (χ1) is 7.25. The fourth-order valence-corrected chi connectivity index (χ4v) is 1.35. The normalized spacial score (nSPS) is 12.7. The zero-order valence-electron chi connectivity index (χ0n) is 8.55. The zero-order chi connectivity index (χ0) is 10.7. The molecule has 3 nitrogen and oxygen atoms in total. The molecule has 0 spiro atoms. The van der Waals surface area contributed by atoms with E-state index in [4.69, 9.17) is 9.84 Å². The number of nitrogens with zero attached hydrogens (tertiary/aromatic N) is 1. The maximum absolute atomic E-state index is 9.09. The highest BCUT2D eigenvalue weighted by Crippen LogP contribution is 2.18. The minimum absolute atomic E-state index is 0.304. The van der Waals surface area contributed by atoms with Crippen LogP contribution in [0.3, 0.4) is 0 Å². The summed E-state index contributed by atoms with van der Waals surface area (Å²) in [6.07, 6.45) is 1.30. The molecule has 1 atom stereocenters. The van der Waals surface area contributed by atoms with Gasteiger partial charge >= 0.3 is 0 Å². The summed E-state index contributed by atoms with van der Waals surface area (Å²) in [7, 11) is 0. The average Bonchev–Trinajstić information content (AvgIpc) is 2.26. The molecule has 78 valence electrons. The van der Waals surface area contributed by atoms with Crippen molar-refractivity contribution < 1.29 is 9.84 Å². The predicted molar refractivity (Wildman–Crippen MR) is 58.9 cm³/mol. The summed E-state index contributed by atoms with van der Waals surface area (Å²) in [5, 5.41) is 10.2. The number of hydrogen-bond donors (Lipinski definition) is 1. The summed E-state index contributed by atoms with van der Waals surface area (Å²) in [6.45, 7) is 2.00. The highest BCUT2D eigenvalue weighted by molar-refractivity contribution is 5.79. The molecular formula is C12H13NO2. The van der Waals surface area contributed by atoms with Crippen LogP contribution >= 0.6 is 0 Å². The minimum Gasteiger partial charge on any atom is -0.491 e. The third-order valence-corrected chi connectivity index (χ3v) is 2.07. The summed E-state index contributed by atoms with van der Waals surface area (Å²) < 4.78 is 5.39. The van der Waals surface area contributed by atoms with Crippen LogP contribution < -0.4 is 4.74 Å². The molecule has 0 saturated heterocycles. The Morgan fingerprint density at radius 2 is 2.27 bits per heavy atom. The molecule has 2 rings (SSSR count). The van der Waals surface area contributed by atoms with E-state index in [2.05, 4.69) is 4.98 Å². The van der Waals surface area contributed by atoms with E-state index in [-0.39, 0.29) is 0 Å². The van der Waals surface area contributed by atoms with Gasteiger partial charge in [-0.3, -0.25) is 4.98 Å². The second-order valence-corrected chi connectivity index (χ2v) is 3.52. The molecule has 0 aliphatic rings. The van der Waals surface area contributed by atoms with E-state index in [1.54, 1.807) is 13.1 Å². The van der Waals surface area contributed by atoms with Crippen molar-refractivity contribution in [1.82, 2.24) is 4.98 Å². The summed E-state index contributed by atoms with van der Waals surface area (Å²) in [4.78, 5) is 4.23. The lowest BCUT2D eigenvalue weighted by Gasteiger charge is -2.08. The first-order valence-corrected chi connectivity index (χ1v) is 4.91. The van der Waals surface area contributed by atoms with Gasteiger partial charge in [-0.2, -0.15) is 0 Å². The number of hydrogen-bond acceptors (Lipinski definition) is 3. The molecule has 0 radical (unpaired) electrons. The fourth-order valence-electron chi connectivity index (χ4n) is 1.35. The minimum atomic E-state index is -0.454. The number of fused-ring (bicyclic) bond motifs is 1. The Bertz CT molecular complexity index is 454. The van der Waals surface area contributed by atoms with Crippen molar-refractivity contribution in [1.29, 1.82) is 0 Å². The number of rotatable bonds is 3. The molecule has 0 bridgehead atoms. The molecular weight excluding hydrogens is 190 g/mol. The van der Waals surface area contributed by atoms with E-state index < -0.39 is 6.10 Å². The van der Waals surface area contributed by atoms with Gasteiger partial charge in [-0.05, 0) is 25.1 Å². The second-order valence-electron chi connectivity index (χ2n) is 3.52. The fraction of sp³-hybridized carbons (Fsp3) is 0.250. The van der Waals surface area contributed by atoms with Crippen molar-refractivity contribution in [3.63, 3.8) is 0 Å². The molecule has 0 aliphatic carbocycles. The van der Waals surface area contributed by atoms with Crippen molar-refractivity contribution in [2.45, 2.75) is 13.0 Å². The SMILES string of the molecule is C[C@H](O)COc1ccc2cccnc2c1. The van der Waals surface area contributed by atoms with Gasteiger partial charge in [-0.25, -0.2) is 0 Å². The third kappa shape index (κ3) is 2.44. The molecule has 1 aromatic carbocycles. The lowest BCUT2D eigenvalue weighted by Crippen LogP contribution is -2.12. The smallest absolute Gasteiger partial charge is 0.121 e. The monoisotopic (exact) mass is 203 g/mol. The van der Waals surface area contributed by atoms with Gasteiger partial charge in [0.2, 0.25) is 0 Å². The second kappa shape index (κ2) is 4.28.